The van der Waals surface area contributed by atoms with Crippen LogP contribution in [0, 0.1) is 0 Å². The summed E-state index contributed by atoms with van der Waals surface area (Å²) < 4.78 is 45.5. The van der Waals surface area contributed by atoms with Crippen LogP contribution in [-0.4, -0.2) is 54.4 Å². The quantitative estimate of drug-likeness (QED) is 0.907. The Morgan fingerprint density at radius 1 is 1.20 bits per heavy atom. The Hall–Kier alpha value is -1.60. The minimum absolute atomic E-state index is 0.0214. The summed E-state index contributed by atoms with van der Waals surface area (Å²) >= 11 is 0. The van der Waals surface area contributed by atoms with Gasteiger partial charge in [0.05, 0.1) is 18.2 Å². The van der Waals surface area contributed by atoms with Gasteiger partial charge in [0.15, 0.2) is 0 Å². The smallest absolute Gasteiger partial charge is 0.370 e. The summed E-state index contributed by atoms with van der Waals surface area (Å²) in [4.78, 5) is 13.3. The van der Waals surface area contributed by atoms with E-state index in [-0.39, 0.29) is 12.5 Å². The number of hydrogen-bond donors (Lipinski definition) is 1. The molecule has 0 bridgehead atoms. The molecule has 4 rings (SSSR count). The van der Waals surface area contributed by atoms with Gasteiger partial charge in [-0.1, -0.05) is 30.3 Å². The van der Waals surface area contributed by atoms with Gasteiger partial charge in [-0.15, -0.1) is 0 Å². The van der Waals surface area contributed by atoms with Crippen molar-refractivity contribution in [3.05, 3.63) is 35.9 Å². The number of hydrogen-bond acceptors (Lipinski definition) is 3. The molecule has 1 unspecified atom stereocenters. The molecule has 2 aliphatic heterocycles. The number of benzene rings is 1. The van der Waals surface area contributed by atoms with E-state index in [2.05, 4.69) is 5.32 Å². The van der Waals surface area contributed by atoms with Gasteiger partial charge in [0, 0.05) is 12.0 Å². The number of carbonyl (C=O) groups excluding carboxylic acids is 1. The number of amides is 1. The van der Waals surface area contributed by atoms with Crippen LogP contribution in [0.15, 0.2) is 30.3 Å². The molecule has 1 amide bonds. The molecule has 2 saturated heterocycles. The van der Waals surface area contributed by atoms with Gasteiger partial charge in [0.2, 0.25) is 0 Å². The zero-order valence-electron chi connectivity index (χ0n) is 13.8. The van der Waals surface area contributed by atoms with Gasteiger partial charge in [-0.3, -0.25) is 4.79 Å². The van der Waals surface area contributed by atoms with Gasteiger partial charge >= 0.3 is 12.1 Å². The number of piperidine rings is 1. The summed E-state index contributed by atoms with van der Waals surface area (Å²) in [5.41, 5.74) is 0.378. The molecule has 0 radical (unpaired) electrons. The van der Waals surface area contributed by atoms with Crippen LogP contribution in [0.3, 0.4) is 0 Å². The second-order valence-corrected chi connectivity index (χ2v) is 7.17. The first-order valence-electron chi connectivity index (χ1n) is 8.71. The molecule has 1 N–H and O–H groups in total. The lowest BCUT2D eigenvalue weighted by atomic mass is 9.79. The largest absolute Gasteiger partial charge is 0.471 e. The second kappa shape index (κ2) is 5.99. The summed E-state index contributed by atoms with van der Waals surface area (Å²) in [7, 11) is 0. The Kier molecular flexibility index (Phi) is 4.03. The normalized spacial score (nSPS) is 30.6. The first-order valence-corrected chi connectivity index (χ1v) is 8.71. The highest BCUT2D eigenvalue weighted by Crippen LogP contribution is 2.50. The van der Waals surface area contributed by atoms with E-state index < -0.39 is 29.8 Å². The van der Waals surface area contributed by atoms with E-state index >= 15 is 0 Å². The van der Waals surface area contributed by atoms with E-state index in [9.17, 15) is 18.0 Å². The molecule has 7 heteroatoms. The van der Waals surface area contributed by atoms with E-state index in [1.807, 2.05) is 30.3 Å². The number of ether oxygens (including phenoxy) is 1. The maximum Gasteiger partial charge on any atom is 0.471 e. The van der Waals surface area contributed by atoms with Crippen LogP contribution in [0.2, 0.25) is 0 Å². The third-order valence-corrected chi connectivity index (χ3v) is 5.74. The van der Waals surface area contributed by atoms with Crippen LogP contribution in [0.5, 0.6) is 0 Å². The lowest BCUT2D eigenvalue weighted by molar-refractivity contribution is -0.241. The van der Waals surface area contributed by atoms with Crippen molar-refractivity contribution in [3.8, 4) is 0 Å². The minimum atomic E-state index is -4.85. The average Bonchev–Trinajstić information content (AvgIpc) is 3.39. The Morgan fingerprint density at radius 2 is 1.88 bits per heavy atom. The zero-order valence-corrected chi connectivity index (χ0v) is 13.8. The fourth-order valence-corrected chi connectivity index (χ4v) is 4.27. The Morgan fingerprint density at radius 3 is 2.44 bits per heavy atom. The van der Waals surface area contributed by atoms with E-state index in [1.54, 1.807) is 0 Å². The van der Waals surface area contributed by atoms with Crippen LogP contribution in [-0.2, 0) is 9.53 Å². The molecule has 3 fully saturated rings. The predicted molar refractivity (Wildman–Crippen MR) is 85.1 cm³/mol. The van der Waals surface area contributed by atoms with E-state index in [1.165, 1.54) is 0 Å². The van der Waals surface area contributed by atoms with Gasteiger partial charge in [-0.2, -0.15) is 13.2 Å². The van der Waals surface area contributed by atoms with Crippen molar-refractivity contribution in [1.29, 1.82) is 0 Å². The highest BCUT2D eigenvalue weighted by atomic mass is 19.4. The highest BCUT2D eigenvalue weighted by Gasteiger charge is 2.61. The van der Waals surface area contributed by atoms with Crippen molar-refractivity contribution in [2.45, 2.75) is 49.0 Å². The molecule has 25 heavy (non-hydrogen) atoms. The number of alkyl halides is 3. The molecule has 0 aromatic heterocycles. The molecule has 2 heterocycles. The van der Waals surface area contributed by atoms with Gasteiger partial charge < -0.3 is 15.0 Å². The monoisotopic (exact) mass is 354 g/mol. The van der Waals surface area contributed by atoms with Crippen molar-refractivity contribution < 1.29 is 22.7 Å². The summed E-state index contributed by atoms with van der Waals surface area (Å²) in [6, 6.07) is 8.59. The number of carbonyl (C=O) groups is 1. The predicted octanol–water partition coefficient (Wildman–Crippen LogP) is 2.45. The van der Waals surface area contributed by atoms with Gasteiger partial charge in [0.1, 0.15) is 0 Å². The molecule has 1 saturated carbocycles. The Balaban J connectivity index is 1.59. The van der Waals surface area contributed by atoms with Crippen molar-refractivity contribution in [1.82, 2.24) is 10.2 Å². The number of nitrogens with zero attached hydrogens (tertiary/aromatic N) is 1. The zero-order chi connectivity index (χ0) is 17.7. The first kappa shape index (κ1) is 16.8. The van der Waals surface area contributed by atoms with Crippen LogP contribution < -0.4 is 5.32 Å². The number of halogens is 3. The van der Waals surface area contributed by atoms with Crippen molar-refractivity contribution >= 4 is 5.91 Å². The highest BCUT2D eigenvalue weighted by molar-refractivity contribution is 5.83. The third kappa shape index (κ3) is 2.93. The molecule has 4 nitrogen and oxygen atoms in total. The maximum absolute atomic E-state index is 13.2. The summed E-state index contributed by atoms with van der Waals surface area (Å²) in [5.74, 6) is -1.74. The van der Waals surface area contributed by atoms with Crippen molar-refractivity contribution in [2.24, 2.45) is 0 Å². The second-order valence-electron chi connectivity index (χ2n) is 7.17. The maximum atomic E-state index is 13.2. The molecule has 3 aliphatic rings. The lowest BCUT2D eigenvalue weighted by Crippen LogP contribution is -2.70. The van der Waals surface area contributed by atoms with Crippen LogP contribution in [0.4, 0.5) is 13.2 Å². The van der Waals surface area contributed by atoms with Crippen molar-refractivity contribution in [3.63, 3.8) is 0 Å². The molecule has 3 atom stereocenters. The van der Waals surface area contributed by atoms with Gasteiger partial charge in [0.25, 0.3) is 0 Å². The van der Waals surface area contributed by atoms with E-state index in [0.717, 1.165) is 10.5 Å². The molecule has 1 aromatic rings. The van der Waals surface area contributed by atoms with Gasteiger partial charge in [-0.05, 0) is 37.9 Å². The summed E-state index contributed by atoms with van der Waals surface area (Å²) in [6.45, 7) is 1.61. The average molecular weight is 354 g/mol. The standard InChI is InChI=1S/C18H21F3N2O2/c19-18(20,21)16(24)23(14-10-13(14)12-4-2-1-3-5-12)15-11-25-17(15)6-8-22-9-7-17/h1-5,13-15,22H,6-11H2/t13-,14+,15?/m0/s1. The first-order chi connectivity index (χ1) is 11.9. The SMILES string of the molecule is O=C(N(C1COC12CCNCC2)[C@@H]1C[C@H]1c1ccccc1)C(F)(F)F. The third-order valence-electron chi connectivity index (χ3n) is 5.74. The van der Waals surface area contributed by atoms with E-state index in [4.69, 9.17) is 4.74 Å². The Bertz CT molecular complexity index is 643. The minimum Gasteiger partial charge on any atom is -0.370 e. The van der Waals surface area contributed by atoms with E-state index in [0.29, 0.717) is 32.4 Å². The summed E-state index contributed by atoms with van der Waals surface area (Å²) in [6.07, 6.45) is -2.99. The van der Waals surface area contributed by atoms with Crippen molar-refractivity contribution in [2.75, 3.05) is 19.7 Å². The molecule has 136 valence electrons. The van der Waals surface area contributed by atoms with Crippen LogP contribution in [0.1, 0.15) is 30.7 Å². The number of rotatable bonds is 3. The van der Waals surface area contributed by atoms with Gasteiger partial charge in [-0.25, -0.2) is 0 Å². The Labute approximate surface area is 144 Å². The fraction of sp³-hybridized carbons (Fsp3) is 0.611. The molecule has 1 aromatic carbocycles. The summed E-state index contributed by atoms with van der Waals surface area (Å²) in [5, 5.41) is 3.20. The number of nitrogens with one attached hydrogen (secondary N) is 1. The molecular weight excluding hydrogens is 333 g/mol. The fourth-order valence-electron chi connectivity index (χ4n) is 4.27. The van der Waals surface area contributed by atoms with Crippen LogP contribution in [0.25, 0.3) is 0 Å². The molecular formula is C18H21F3N2O2. The lowest BCUT2D eigenvalue weighted by Gasteiger charge is -2.55. The van der Waals surface area contributed by atoms with Crippen LogP contribution >= 0.6 is 0 Å². The molecule has 1 aliphatic carbocycles. The topological polar surface area (TPSA) is 41.6 Å². The molecule has 1 spiro atoms.